The molecule has 0 atom stereocenters. The third kappa shape index (κ3) is 3.14. The molecule has 0 amide bonds. The van der Waals surface area contributed by atoms with Gasteiger partial charge in [-0.2, -0.15) is 0 Å². The maximum Gasteiger partial charge on any atom is 0.342 e. The number of carboxylic acids is 1. The number of hydrogen-bond donors (Lipinski definition) is 2. The number of hydrogen-bond acceptors (Lipinski definition) is 6. The first-order chi connectivity index (χ1) is 10.0. The number of rotatable bonds is 6. The minimum Gasteiger partial charge on any atom is -0.477 e. The van der Waals surface area contributed by atoms with Crippen LogP contribution in [0.1, 0.15) is 23.1 Å². The van der Waals surface area contributed by atoms with Gasteiger partial charge in [0.1, 0.15) is 11.9 Å². The van der Waals surface area contributed by atoms with Gasteiger partial charge in [0.25, 0.3) is 5.69 Å². The van der Waals surface area contributed by atoms with E-state index in [0.29, 0.717) is 24.6 Å². The van der Waals surface area contributed by atoms with Crippen LogP contribution in [0.15, 0.2) is 24.5 Å². The molecule has 1 heterocycles. The van der Waals surface area contributed by atoms with E-state index in [0.717, 1.165) is 0 Å². The lowest BCUT2D eigenvalue weighted by molar-refractivity contribution is -0.385. The number of nitrogens with one attached hydrogen (secondary N) is 1. The highest BCUT2D eigenvalue weighted by molar-refractivity contribution is 5.93. The van der Waals surface area contributed by atoms with Gasteiger partial charge in [-0.05, 0) is 19.1 Å². The van der Waals surface area contributed by atoms with Crippen LogP contribution in [-0.4, -0.2) is 30.8 Å². The number of nitrogens with zero attached hydrogens (tertiary/aromatic N) is 4. The predicted molar refractivity (Wildman–Crippen MR) is 73.1 cm³/mol. The van der Waals surface area contributed by atoms with Crippen LogP contribution in [0.2, 0.25) is 0 Å². The zero-order valence-electron chi connectivity index (χ0n) is 11.2. The van der Waals surface area contributed by atoms with Gasteiger partial charge in [0.05, 0.1) is 11.5 Å². The molecule has 9 nitrogen and oxygen atoms in total. The largest absolute Gasteiger partial charge is 0.477 e. The van der Waals surface area contributed by atoms with Crippen molar-refractivity contribution in [3.05, 3.63) is 46.0 Å². The molecule has 110 valence electrons. The van der Waals surface area contributed by atoms with Crippen molar-refractivity contribution in [2.24, 2.45) is 0 Å². The van der Waals surface area contributed by atoms with Crippen LogP contribution in [0.3, 0.4) is 0 Å². The van der Waals surface area contributed by atoms with E-state index in [-0.39, 0.29) is 5.56 Å². The molecule has 9 heteroatoms. The van der Waals surface area contributed by atoms with Crippen molar-refractivity contribution >= 4 is 17.3 Å². The van der Waals surface area contributed by atoms with Crippen LogP contribution in [-0.2, 0) is 13.1 Å². The summed E-state index contributed by atoms with van der Waals surface area (Å²) in [4.78, 5) is 21.1. The van der Waals surface area contributed by atoms with Crippen LogP contribution in [0, 0.1) is 10.1 Å². The molecule has 0 fully saturated rings. The Balaban J connectivity index is 2.19. The highest BCUT2D eigenvalue weighted by atomic mass is 16.6. The second kappa shape index (κ2) is 5.99. The summed E-state index contributed by atoms with van der Waals surface area (Å²) in [6.07, 6.45) is 1.59. The Hall–Kier alpha value is -2.97. The quantitative estimate of drug-likeness (QED) is 0.610. The van der Waals surface area contributed by atoms with E-state index in [4.69, 9.17) is 5.11 Å². The van der Waals surface area contributed by atoms with E-state index < -0.39 is 16.6 Å². The molecule has 0 aliphatic rings. The first-order valence-electron chi connectivity index (χ1n) is 6.15. The molecule has 2 rings (SSSR count). The molecule has 2 N–H and O–H groups in total. The SMILES string of the molecule is CCn1cnnc1CNc1ccc(C(=O)O)c([N+](=O)[O-])c1. The summed E-state index contributed by atoms with van der Waals surface area (Å²) in [5.41, 5.74) is -0.357. The lowest BCUT2D eigenvalue weighted by Crippen LogP contribution is -2.08. The maximum absolute atomic E-state index is 10.9. The van der Waals surface area contributed by atoms with Gasteiger partial charge in [-0.25, -0.2) is 4.79 Å². The second-order valence-electron chi connectivity index (χ2n) is 4.18. The second-order valence-corrected chi connectivity index (χ2v) is 4.18. The Kier molecular flexibility index (Phi) is 4.12. The zero-order valence-corrected chi connectivity index (χ0v) is 11.2. The van der Waals surface area contributed by atoms with E-state index in [1.165, 1.54) is 18.2 Å². The number of nitro groups is 1. The number of carboxylic acid groups (broad SMARTS) is 1. The molecular formula is C12H13N5O4. The minimum atomic E-state index is -1.33. The Morgan fingerprint density at radius 2 is 2.29 bits per heavy atom. The number of anilines is 1. The molecule has 0 saturated heterocycles. The summed E-state index contributed by atoms with van der Waals surface area (Å²) in [5.74, 6) is -0.651. The molecule has 0 bridgehead atoms. The average Bonchev–Trinajstić information content (AvgIpc) is 2.92. The molecule has 0 aliphatic heterocycles. The highest BCUT2D eigenvalue weighted by Crippen LogP contribution is 2.23. The summed E-state index contributed by atoms with van der Waals surface area (Å²) in [7, 11) is 0. The van der Waals surface area contributed by atoms with Crippen LogP contribution in [0.25, 0.3) is 0 Å². The van der Waals surface area contributed by atoms with Crippen molar-refractivity contribution in [3.8, 4) is 0 Å². The standard InChI is InChI=1S/C12H13N5O4/c1-2-16-7-14-15-11(16)6-13-8-3-4-9(12(18)19)10(5-8)17(20)21/h3-5,7,13H,2,6H2,1H3,(H,18,19). The Labute approximate surface area is 119 Å². The van der Waals surface area contributed by atoms with Gasteiger partial charge in [0.2, 0.25) is 0 Å². The Bertz CT molecular complexity index is 682. The highest BCUT2D eigenvalue weighted by Gasteiger charge is 2.20. The lowest BCUT2D eigenvalue weighted by Gasteiger charge is -2.07. The van der Waals surface area contributed by atoms with Gasteiger partial charge in [-0.3, -0.25) is 10.1 Å². The smallest absolute Gasteiger partial charge is 0.342 e. The zero-order chi connectivity index (χ0) is 15.4. The number of benzene rings is 1. The van der Waals surface area contributed by atoms with Gasteiger partial charge in [-0.15, -0.1) is 10.2 Å². The monoisotopic (exact) mass is 291 g/mol. The topological polar surface area (TPSA) is 123 Å². The van der Waals surface area contributed by atoms with E-state index in [2.05, 4.69) is 15.5 Å². The van der Waals surface area contributed by atoms with Crippen molar-refractivity contribution in [3.63, 3.8) is 0 Å². The normalized spacial score (nSPS) is 10.3. The van der Waals surface area contributed by atoms with Gasteiger partial charge >= 0.3 is 5.97 Å². The number of aromatic nitrogens is 3. The summed E-state index contributed by atoms with van der Waals surface area (Å²) < 4.78 is 1.83. The van der Waals surface area contributed by atoms with E-state index in [1.54, 1.807) is 6.33 Å². The maximum atomic E-state index is 10.9. The Morgan fingerprint density at radius 3 is 2.90 bits per heavy atom. The number of aromatic carboxylic acids is 1. The lowest BCUT2D eigenvalue weighted by atomic mass is 10.1. The van der Waals surface area contributed by atoms with Gasteiger partial charge in [-0.1, -0.05) is 0 Å². The van der Waals surface area contributed by atoms with Crippen molar-refractivity contribution in [1.29, 1.82) is 0 Å². The fourth-order valence-corrected chi connectivity index (χ4v) is 1.83. The molecule has 0 unspecified atom stereocenters. The molecule has 2 aromatic rings. The number of aryl methyl sites for hydroxylation is 1. The molecule has 0 radical (unpaired) electrons. The number of carbonyl (C=O) groups is 1. The van der Waals surface area contributed by atoms with Gasteiger partial charge in [0.15, 0.2) is 5.82 Å². The van der Waals surface area contributed by atoms with Crippen LogP contribution in [0.4, 0.5) is 11.4 Å². The molecule has 0 spiro atoms. The summed E-state index contributed by atoms with van der Waals surface area (Å²) in [6.45, 7) is 2.99. The fraction of sp³-hybridized carbons (Fsp3) is 0.250. The molecule has 1 aromatic heterocycles. The summed E-state index contributed by atoms with van der Waals surface area (Å²) in [6, 6.07) is 3.87. The summed E-state index contributed by atoms with van der Waals surface area (Å²) in [5, 5.41) is 30.5. The van der Waals surface area contributed by atoms with Crippen molar-refractivity contribution in [2.45, 2.75) is 20.0 Å². The Morgan fingerprint density at radius 1 is 1.52 bits per heavy atom. The van der Waals surface area contributed by atoms with Crippen LogP contribution in [0.5, 0.6) is 0 Å². The van der Waals surface area contributed by atoms with Crippen molar-refractivity contribution in [2.75, 3.05) is 5.32 Å². The van der Waals surface area contributed by atoms with Gasteiger partial charge < -0.3 is 15.0 Å². The molecule has 21 heavy (non-hydrogen) atoms. The fourth-order valence-electron chi connectivity index (χ4n) is 1.83. The average molecular weight is 291 g/mol. The van der Waals surface area contributed by atoms with Crippen molar-refractivity contribution < 1.29 is 14.8 Å². The third-order valence-electron chi connectivity index (χ3n) is 2.91. The number of nitro benzene ring substituents is 1. The first kappa shape index (κ1) is 14.4. The van der Waals surface area contributed by atoms with Crippen LogP contribution < -0.4 is 5.32 Å². The molecule has 0 aliphatic carbocycles. The molecular weight excluding hydrogens is 278 g/mol. The third-order valence-corrected chi connectivity index (χ3v) is 2.91. The molecule has 0 saturated carbocycles. The van der Waals surface area contributed by atoms with Gasteiger partial charge in [0, 0.05) is 18.3 Å². The van der Waals surface area contributed by atoms with Crippen molar-refractivity contribution in [1.82, 2.24) is 14.8 Å². The van der Waals surface area contributed by atoms with E-state index in [1.807, 2.05) is 11.5 Å². The van der Waals surface area contributed by atoms with E-state index in [9.17, 15) is 14.9 Å². The minimum absolute atomic E-state index is 0.331. The summed E-state index contributed by atoms with van der Waals surface area (Å²) >= 11 is 0. The van der Waals surface area contributed by atoms with E-state index >= 15 is 0 Å². The molecule has 1 aromatic carbocycles. The predicted octanol–water partition coefficient (Wildman–Crippen LogP) is 1.52. The van der Waals surface area contributed by atoms with Crippen LogP contribution >= 0.6 is 0 Å². The first-order valence-corrected chi connectivity index (χ1v) is 6.15.